The zero-order valence-electron chi connectivity index (χ0n) is 15.0. The second-order valence-corrected chi connectivity index (χ2v) is 6.66. The van der Waals surface area contributed by atoms with Crippen molar-refractivity contribution >= 4 is 23.2 Å². The van der Waals surface area contributed by atoms with Crippen molar-refractivity contribution in [3.8, 4) is 0 Å². The van der Waals surface area contributed by atoms with Gasteiger partial charge in [-0.05, 0) is 48.2 Å². The highest BCUT2D eigenvalue weighted by atomic mass is 35.5. The van der Waals surface area contributed by atoms with Crippen molar-refractivity contribution in [2.75, 3.05) is 18.4 Å². The van der Waals surface area contributed by atoms with Crippen LogP contribution in [0.3, 0.4) is 0 Å². The van der Waals surface area contributed by atoms with Gasteiger partial charge in [0.05, 0.1) is 11.9 Å². The fourth-order valence-electron chi connectivity index (χ4n) is 2.69. The van der Waals surface area contributed by atoms with Crippen LogP contribution in [0.15, 0.2) is 72.9 Å². The molecule has 2 N–H and O–H groups in total. The summed E-state index contributed by atoms with van der Waals surface area (Å²) in [5.41, 5.74) is 3.74. The maximum Gasteiger partial charge on any atom is 0.269 e. The molecule has 0 atom stereocenters. The molecule has 138 valence electrons. The van der Waals surface area contributed by atoms with Gasteiger partial charge in [0.2, 0.25) is 0 Å². The van der Waals surface area contributed by atoms with Crippen LogP contribution in [-0.4, -0.2) is 24.0 Å². The number of benzene rings is 2. The first-order chi connectivity index (χ1) is 13.2. The van der Waals surface area contributed by atoms with Crippen molar-refractivity contribution in [1.29, 1.82) is 0 Å². The van der Waals surface area contributed by atoms with E-state index < -0.39 is 0 Å². The zero-order valence-corrected chi connectivity index (χ0v) is 15.7. The van der Waals surface area contributed by atoms with Crippen LogP contribution in [0.5, 0.6) is 0 Å². The third-order valence-corrected chi connectivity index (χ3v) is 4.45. The quantitative estimate of drug-likeness (QED) is 0.611. The van der Waals surface area contributed by atoms with Crippen LogP contribution in [0, 0.1) is 0 Å². The molecule has 1 amide bonds. The topological polar surface area (TPSA) is 54.0 Å². The van der Waals surface area contributed by atoms with Crippen LogP contribution >= 0.6 is 11.6 Å². The summed E-state index contributed by atoms with van der Waals surface area (Å²) in [6.45, 7) is 1.37. The number of carbonyl (C=O) groups is 1. The minimum Gasteiger partial charge on any atom is -0.383 e. The van der Waals surface area contributed by atoms with Gasteiger partial charge in [-0.1, -0.05) is 54.1 Å². The molecule has 3 rings (SSSR count). The van der Waals surface area contributed by atoms with E-state index >= 15 is 0 Å². The molecule has 0 aliphatic rings. The molecule has 0 unspecified atom stereocenters. The number of nitrogens with zero attached hydrogens (tertiary/aromatic N) is 1. The number of anilines is 1. The van der Waals surface area contributed by atoms with E-state index in [0.717, 1.165) is 30.6 Å². The van der Waals surface area contributed by atoms with E-state index in [1.165, 1.54) is 5.56 Å². The highest BCUT2D eigenvalue weighted by molar-refractivity contribution is 6.30. The van der Waals surface area contributed by atoms with Gasteiger partial charge in [0.25, 0.3) is 5.91 Å². The van der Waals surface area contributed by atoms with Gasteiger partial charge in [0, 0.05) is 18.1 Å². The molecule has 2 aromatic carbocycles. The van der Waals surface area contributed by atoms with Gasteiger partial charge < -0.3 is 10.6 Å². The lowest BCUT2D eigenvalue weighted by molar-refractivity contribution is 0.0949. The van der Waals surface area contributed by atoms with Crippen LogP contribution in [0.1, 0.15) is 21.6 Å². The maximum absolute atomic E-state index is 12.2. The summed E-state index contributed by atoms with van der Waals surface area (Å²) >= 11 is 5.87. The maximum atomic E-state index is 12.2. The lowest BCUT2D eigenvalue weighted by Crippen LogP contribution is -2.26. The first kappa shape index (κ1) is 18.9. The average Bonchev–Trinajstić information content (AvgIpc) is 2.71. The van der Waals surface area contributed by atoms with Crippen molar-refractivity contribution in [2.24, 2.45) is 0 Å². The molecule has 0 bridgehead atoms. The van der Waals surface area contributed by atoms with Crippen LogP contribution < -0.4 is 10.6 Å². The van der Waals surface area contributed by atoms with Crippen LogP contribution in [0.4, 0.5) is 5.69 Å². The molecule has 1 heterocycles. The molecular weight excluding hydrogens is 358 g/mol. The van der Waals surface area contributed by atoms with Gasteiger partial charge in [0.15, 0.2) is 0 Å². The first-order valence-electron chi connectivity index (χ1n) is 8.97. The van der Waals surface area contributed by atoms with Crippen LogP contribution in [0.2, 0.25) is 5.02 Å². The van der Waals surface area contributed by atoms with Gasteiger partial charge in [-0.2, -0.15) is 0 Å². The first-order valence-corrected chi connectivity index (χ1v) is 9.35. The third kappa shape index (κ3) is 6.12. The van der Waals surface area contributed by atoms with E-state index in [1.807, 2.05) is 48.5 Å². The Bertz CT molecular complexity index is 849. The summed E-state index contributed by atoms with van der Waals surface area (Å²) in [5.74, 6) is -0.167. The highest BCUT2D eigenvalue weighted by Gasteiger charge is 2.06. The van der Waals surface area contributed by atoms with Crippen molar-refractivity contribution in [3.63, 3.8) is 0 Å². The Hall–Kier alpha value is -2.85. The molecule has 0 saturated heterocycles. The number of pyridine rings is 1. The Kier molecular flexibility index (Phi) is 6.83. The largest absolute Gasteiger partial charge is 0.383 e. The van der Waals surface area contributed by atoms with Crippen LogP contribution in [0.25, 0.3) is 0 Å². The second kappa shape index (κ2) is 9.74. The van der Waals surface area contributed by atoms with Crippen molar-refractivity contribution < 1.29 is 4.79 Å². The third-order valence-electron chi connectivity index (χ3n) is 4.19. The van der Waals surface area contributed by atoms with Gasteiger partial charge in [-0.25, -0.2) is 4.98 Å². The van der Waals surface area contributed by atoms with Gasteiger partial charge in [-0.15, -0.1) is 0 Å². The molecule has 0 saturated carbocycles. The van der Waals surface area contributed by atoms with Crippen molar-refractivity contribution in [1.82, 2.24) is 10.3 Å². The number of carbonyl (C=O) groups excluding carboxylic acids is 1. The summed E-state index contributed by atoms with van der Waals surface area (Å²) in [4.78, 5) is 16.4. The fourth-order valence-corrected chi connectivity index (χ4v) is 2.82. The highest BCUT2D eigenvalue weighted by Crippen LogP contribution is 2.10. The number of hydrogen-bond acceptors (Lipinski definition) is 3. The summed E-state index contributed by atoms with van der Waals surface area (Å²) in [6.07, 6.45) is 3.38. The molecule has 4 nitrogen and oxygen atoms in total. The number of aromatic nitrogens is 1. The predicted octanol–water partition coefficient (Wildman–Crippen LogP) is 4.36. The standard InChI is InChI=1S/C22H22ClN3O/c23-19-8-6-18(7-9-19)13-15-25-22(27)21-11-10-20(16-26-21)24-14-12-17-4-2-1-3-5-17/h1-11,16,24H,12-15H2,(H,25,27). The lowest BCUT2D eigenvalue weighted by Gasteiger charge is -2.08. The summed E-state index contributed by atoms with van der Waals surface area (Å²) < 4.78 is 0. The summed E-state index contributed by atoms with van der Waals surface area (Å²) in [5, 5.41) is 6.93. The molecule has 27 heavy (non-hydrogen) atoms. The molecule has 0 aliphatic heterocycles. The lowest BCUT2D eigenvalue weighted by atomic mass is 10.1. The Balaban J connectivity index is 1.42. The Morgan fingerprint density at radius 2 is 1.56 bits per heavy atom. The predicted molar refractivity (Wildman–Crippen MR) is 110 cm³/mol. The van der Waals surface area contributed by atoms with Gasteiger partial charge >= 0.3 is 0 Å². The zero-order chi connectivity index (χ0) is 18.9. The second-order valence-electron chi connectivity index (χ2n) is 6.23. The number of amides is 1. The van der Waals surface area contributed by atoms with E-state index in [2.05, 4.69) is 27.8 Å². The summed E-state index contributed by atoms with van der Waals surface area (Å²) in [7, 11) is 0. The SMILES string of the molecule is O=C(NCCc1ccc(Cl)cc1)c1ccc(NCCc2ccccc2)cn1. The Morgan fingerprint density at radius 3 is 2.26 bits per heavy atom. The molecule has 0 aliphatic carbocycles. The minimum atomic E-state index is -0.167. The number of rotatable bonds is 8. The molecule has 5 heteroatoms. The average molecular weight is 380 g/mol. The van der Waals surface area contributed by atoms with E-state index in [4.69, 9.17) is 11.6 Å². The fraction of sp³-hybridized carbons (Fsp3) is 0.182. The van der Waals surface area contributed by atoms with Crippen molar-refractivity contribution in [3.05, 3.63) is 94.8 Å². The van der Waals surface area contributed by atoms with E-state index in [9.17, 15) is 4.79 Å². The van der Waals surface area contributed by atoms with Crippen molar-refractivity contribution in [2.45, 2.75) is 12.8 Å². The van der Waals surface area contributed by atoms with Crippen LogP contribution in [-0.2, 0) is 12.8 Å². The summed E-state index contributed by atoms with van der Waals surface area (Å²) in [6, 6.07) is 21.6. The van der Waals surface area contributed by atoms with E-state index in [-0.39, 0.29) is 5.91 Å². The van der Waals surface area contributed by atoms with Gasteiger partial charge in [0.1, 0.15) is 5.69 Å². The monoisotopic (exact) mass is 379 g/mol. The molecule has 0 spiro atoms. The Labute approximate surface area is 164 Å². The molecule has 0 fully saturated rings. The van der Waals surface area contributed by atoms with Gasteiger partial charge in [-0.3, -0.25) is 4.79 Å². The number of hydrogen-bond donors (Lipinski definition) is 2. The Morgan fingerprint density at radius 1 is 0.852 bits per heavy atom. The minimum absolute atomic E-state index is 0.167. The number of nitrogens with one attached hydrogen (secondary N) is 2. The molecule has 0 radical (unpaired) electrons. The molecule has 3 aromatic rings. The van der Waals surface area contributed by atoms with E-state index in [1.54, 1.807) is 12.3 Å². The number of halogens is 1. The van der Waals surface area contributed by atoms with E-state index in [0.29, 0.717) is 17.3 Å². The normalized spacial score (nSPS) is 10.4. The smallest absolute Gasteiger partial charge is 0.269 e. The molecule has 1 aromatic heterocycles. The molecular formula is C22H22ClN3O.